The molecule has 3 aliphatic rings. The van der Waals surface area contributed by atoms with Crippen molar-refractivity contribution in [1.29, 1.82) is 0 Å². The summed E-state index contributed by atoms with van der Waals surface area (Å²) in [6.07, 6.45) is -8.04. The average Bonchev–Trinajstić information content (AvgIpc) is 3.77. The van der Waals surface area contributed by atoms with E-state index in [1.54, 1.807) is 60.7 Å². The van der Waals surface area contributed by atoms with Crippen LogP contribution in [0, 0.1) is 23.6 Å². The number of hydrogen-bond acceptors (Lipinski definition) is 18. The van der Waals surface area contributed by atoms with Crippen molar-refractivity contribution in [3.8, 4) is 0 Å². The van der Waals surface area contributed by atoms with Gasteiger partial charge in [-0.15, -0.1) is 5.10 Å². The number of benzene rings is 1. The topological polar surface area (TPSA) is 249 Å². The molecule has 5 rings (SSSR count). The normalized spacial score (nSPS) is 39.3. The molecule has 3 fully saturated rings. The van der Waals surface area contributed by atoms with Crippen molar-refractivity contribution >= 4 is 17.7 Å². The Balaban J connectivity index is 1.38. The number of cyclic esters (lactones) is 1. The molecule has 0 bridgehead atoms. The Bertz CT molecular complexity index is 2020. The maximum atomic E-state index is 14.5. The van der Waals surface area contributed by atoms with Gasteiger partial charge in [-0.3, -0.25) is 10.1 Å². The van der Waals surface area contributed by atoms with E-state index in [9.17, 15) is 39.5 Å². The highest BCUT2D eigenvalue weighted by atomic mass is 19.1. The molecule has 21 heteroatoms. The quantitative estimate of drug-likeness (QED) is 0.148. The van der Waals surface area contributed by atoms with Crippen LogP contribution < -0.4 is 5.32 Å². The molecule has 1 aromatic heterocycles. The number of nitrogens with zero attached hydrogens (tertiary/aromatic N) is 5. The minimum Gasteiger partial charge on any atom is -0.459 e. The van der Waals surface area contributed by atoms with E-state index < -0.39 is 120 Å². The molecule has 0 radical (unpaired) electrons. The van der Waals surface area contributed by atoms with Crippen LogP contribution in [0.2, 0.25) is 0 Å². The van der Waals surface area contributed by atoms with Crippen molar-refractivity contribution in [3.63, 3.8) is 0 Å². The van der Waals surface area contributed by atoms with Crippen molar-refractivity contribution in [3.05, 3.63) is 42.0 Å². The molecular weight excluding hydrogens is 928 g/mol. The van der Waals surface area contributed by atoms with E-state index in [1.807, 2.05) is 37.7 Å². The second-order valence-corrected chi connectivity index (χ2v) is 21.1. The molecule has 0 aliphatic carbocycles. The molecule has 1 amide bonds. The third kappa shape index (κ3) is 14.4. The zero-order valence-electron chi connectivity index (χ0n) is 43.9. The van der Waals surface area contributed by atoms with Crippen LogP contribution in [0.3, 0.4) is 0 Å². The molecule has 20 nitrogen and oxygen atoms in total. The molecule has 71 heavy (non-hydrogen) atoms. The number of carbonyl (C=O) groups is 2. The number of aliphatic hydroxyl groups excluding tert-OH is 3. The molecule has 6 N–H and O–H groups in total. The Morgan fingerprint density at radius 3 is 2.37 bits per heavy atom. The van der Waals surface area contributed by atoms with Crippen molar-refractivity contribution < 1.29 is 72.7 Å². The number of aromatic nitrogens is 3. The van der Waals surface area contributed by atoms with Crippen LogP contribution in [0.15, 0.2) is 30.5 Å². The summed E-state index contributed by atoms with van der Waals surface area (Å²) in [6.45, 7) is 18.4. The fourth-order valence-electron chi connectivity index (χ4n) is 10.6. The Morgan fingerprint density at radius 2 is 1.70 bits per heavy atom. The lowest BCUT2D eigenvalue weighted by Gasteiger charge is -2.49. The first-order chi connectivity index (χ1) is 33.2. The summed E-state index contributed by atoms with van der Waals surface area (Å²) < 4.78 is 58.8. The molecule has 1 aromatic carbocycles. The van der Waals surface area contributed by atoms with E-state index in [0.29, 0.717) is 31.6 Å². The maximum absolute atomic E-state index is 14.5. The fourth-order valence-corrected chi connectivity index (χ4v) is 10.6. The van der Waals surface area contributed by atoms with E-state index in [4.69, 9.17) is 33.2 Å². The highest BCUT2D eigenvalue weighted by Gasteiger charge is 2.53. The monoisotopic (exact) mass is 1010 g/mol. The van der Waals surface area contributed by atoms with Gasteiger partial charge in [0.25, 0.3) is 0 Å². The van der Waals surface area contributed by atoms with Gasteiger partial charge in [0.1, 0.15) is 42.4 Å². The van der Waals surface area contributed by atoms with E-state index in [1.165, 1.54) is 36.9 Å². The number of rotatable bonds is 14. The summed E-state index contributed by atoms with van der Waals surface area (Å²) in [6, 6.07) is 4.71. The lowest BCUT2D eigenvalue weighted by molar-refractivity contribution is -0.318. The number of likely N-dealkylation sites (N-methyl/N-ethyl adjacent to an activating group) is 2. The number of amides is 1. The van der Waals surface area contributed by atoms with Crippen LogP contribution >= 0.6 is 0 Å². The number of hydrogen-bond donors (Lipinski definition) is 6. The van der Waals surface area contributed by atoms with Gasteiger partial charge in [0.05, 0.1) is 59.5 Å². The van der Waals surface area contributed by atoms with Gasteiger partial charge in [0.2, 0.25) is 0 Å². The standard InChI is InChI=1S/C50H83FN6O14/c1-14-38-50(10,64)42(59)32(6)56(12)26-28(2)24-48(8,63)44(30(4)41(31(5)45(61)69-38)70-39-25-49(9,65-13)43(60)33(7)68-39)71-46-40(58)37(23-29(3)67-46)55(11)20-19-34-27-57(54-53-34)21-22-66-47(62)52-36-18-16-15-17-35(36)51/h15-18,27-33,37-44,46,58-60,63-64H,14,19-26H2,1-13H3,(H,52,62)/t28-,29-,30+,31-,32-,33+,37+,38-,39+,40-,41+,42-,43+,44-,46+,48-,49-,50-/m1/s1. The zero-order valence-corrected chi connectivity index (χ0v) is 43.9. The number of para-hydroxylation sites is 1. The van der Waals surface area contributed by atoms with Gasteiger partial charge in [0.15, 0.2) is 12.6 Å². The first kappa shape index (κ1) is 58.4. The number of esters is 1. The highest BCUT2D eigenvalue weighted by Crippen LogP contribution is 2.40. The molecule has 18 atom stereocenters. The van der Waals surface area contributed by atoms with Gasteiger partial charge < -0.3 is 68.5 Å². The minimum atomic E-state index is -1.85. The van der Waals surface area contributed by atoms with Gasteiger partial charge in [-0.05, 0) is 99.9 Å². The van der Waals surface area contributed by atoms with Crippen LogP contribution in [0.25, 0.3) is 0 Å². The lowest BCUT2D eigenvalue weighted by Crippen LogP contribution is -2.61. The summed E-state index contributed by atoms with van der Waals surface area (Å²) in [4.78, 5) is 30.6. The first-order valence-electron chi connectivity index (χ1n) is 25.1. The van der Waals surface area contributed by atoms with Gasteiger partial charge in [-0.2, -0.15) is 0 Å². The smallest absolute Gasteiger partial charge is 0.411 e. The van der Waals surface area contributed by atoms with E-state index in [0.717, 1.165) is 0 Å². The van der Waals surface area contributed by atoms with Gasteiger partial charge in [0, 0.05) is 57.2 Å². The predicted octanol–water partition coefficient (Wildman–Crippen LogP) is 3.49. The van der Waals surface area contributed by atoms with E-state index in [2.05, 4.69) is 15.6 Å². The van der Waals surface area contributed by atoms with Gasteiger partial charge in [-0.1, -0.05) is 38.1 Å². The van der Waals surface area contributed by atoms with Crippen LogP contribution in [-0.4, -0.2) is 194 Å². The Morgan fingerprint density at radius 1 is 1.01 bits per heavy atom. The van der Waals surface area contributed by atoms with Crippen LogP contribution in [-0.2, 0) is 50.9 Å². The number of ether oxygens (including phenoxy) is 7. The molecule has 0 saturated carbocycles. The number of halogens is 1. The zero-order chi connectivity index (χ0) is 52.7. The SMILES string of the molecule is CC[C@H]1OC(=O)[C@H](C)[C@@H](O[C@H]2C[C@@](C)(OC)[C@@H](O)[C@H](C)O2)[C@H](C)[C@@H](O[C@@H]2O[C@H](C)C[C@H](N(C)CCc3cn(CCOC(=O)Nc4ccccc4F)nn3)[C@H]2O)[C@](C)(O)C[C@@H](C)CN(C)[C@H](C)[C@@H](O)[C@]1(C)O. The number of anilines is 1. The highest BCUT2D eigenvalue weighted by molar-refractivity contribution is 5.84. The summed E-state index contributed by atoms with van der Waals surface area (Å²) in [7, 11) is 5.19. The minimum absolute atomic E-state index is 0.00749. The van der Waals surface area contributed by atoms with Crippen molar-refractivity contribution in [2.75, 3.05) is 46.2 Å². The Hall–Kier alpha value is -3.45. The second kappa shape index (κ2) is 24.7. The predicted molar refractivity (Wildman–Crippen MR) is 258 cm³/mol. The first-order valence-corrected chi connectivity index (χ1v) is 25.1. The summed E-state index contributed by atoms with van der Waals surface area (Å²) in [5.74, 6) is -3.45. The van der Waals surface area contributed by atoms with Crippen molar-refractivity contribution in [2.45, 2.75) is 198 Å². The van der Waals surface area contributed by atoms with Gasteiger partial charge in [-0.25, -0.2) is 13.9 Å². The lowest BCUT2D eigenvalue weighted by atomic mass is 9.77. The second-order valence-electron chi connectivity index (χ2n) is 21.1. The van der Waals surface area contributed by atoms with Crippen molar-refractivity contribution in [1.82, 2.24) is 24.8 Å². The molecule has 0 unspecified atom stereocenters. The summed E-state index contributed by atoms with van der Waals surface area (Å²) >= 11 is 0. The maximum Gasteiger partial charge on any atom is 0.411 e. The summed E-state index contributed by atoms with van der Waals surface area (Å²) in [5, 5.41) is 70.3. The molecule has 2 aromatic rings. The molecule has 0 spiro atoms. The summed E-state index contributed by atoms with van der Waals surface area (Å²) in [5.41, 5.74) is -3.93. The third-order valence-corrected chi connectivity index (χ3v) is 15.1. The fraction of sp³-hybridized carbons (Fsp3) is 0.800. The number of nitrogens with one attached hydrogen (secondary N) is 1. The van der Waals surface area contributed by atoms with Crippen LogP contribution in [0.5, 0.6) is 0 Å². The number of methoxy groups -OCH3 is 1. The Labute approximate surface area is 418 Å². The number of carbonyl (C=O) groups excluding carboxylic acids is 2. The average molecular weight is 1010 g/mol. The molecule has 4 heterocycles. The van der Waals surface area contributed by atoms with Gasteiger partial charge >= 0.3 is 12.1 Å². The molecule has 3 saturated heterocycles. The molecule has 404 valence electrons. The van der Waals surface area contributed by atoms with Crippen LogP contribution in [0.4, 0.5) is 14.9 Å². The molecule has 3 aliphatic heterocycles. The van der Waals surface area contributed by atoms with Crippen LogP contribution in [0.1, 0.15) is 101 Å². The molecular formula is C50H83FN6O14. The van der Waals surface area contributed by atoms with Crippen molar-refractivity contribution in [2.24, 2.45) is 17.8 Å². The number of aliphatic hydroxyl groups is 5. The van der Waals surface area contributed by atoms with E-state index >= 15 is 0 Å². The van der Waals surface area contributed by atoms with E-state index in [-0.39, 0.29) is 44.0 Å². The third-order valence-electron chi connectivity index (χ3n) is 15.1. The Kier molecular flexibility index (Phi) is 20.3. The largest absolute Gasteiger partial charge is 0.459 e.